The van der Waals surface area contributed by atoms with Crippen molar-refractivity contribution in [2.75, 3.05) is 4.90 Å². The first-order valence-corrected chi connectivity index (χ1v) is 18.6. The van der Waals surface area contributed by atoms with Crippen LogP contribution < -0.4 is 4.90 Å². The maximum Gasteiger partial charge on any atom is 0.0467 e. The van der Waals surface area contributed by atoms with E-state index in [4.69, 9.17) is 0 Å². The summed E-state index contributed by atoms with van der Waals surface area (Å²) in [6.07, 6.45) is 0. The average molecular weight is 680 g/mol. The zero-order valence-electron chi connectivity index (χ0n) is 28.4. The van der Waals surface area contributed by atoms with E-state index in [1.54, 1.807) is 0 Å². The highest BCUT2D eigenvalue weighted by molar-refractivity contribution is 7.25. The molecule has 0 spiro atoms. The second-order valence-corrected chi connectivity index (χ2v) is 14.5. The number of hydrogen-bond acceptors (Lipinski definition) is 2. The fraction of sp³-hybridized carbons (Fsp3) is 0. The van der Waals surface area contributed by atoms with Crippen LogP contribution in [0.2, 0.25) is 0 Å². The smallest absolute Gasteiger partial charge is 0.0467 e. The van der Waals surface area contributed by atoms with Gasteiger partial charge in [-0.3, -0.25) is 0 Å². The molecule has 52 heavy (non-hydrogen) atoms. The number of anilines is 3. The molecule has 0 bridgehead atoms. The molecule has 2 heteroatoms. The van der Waals surface area contributed by atoms with Crippen LogP contribution in [0.3, 0.4) is 0 Å². The third-order valence-corrected chi connectivity index (χ3v) is 11.4. The summed E-state index contributed by atoms with van der Waals surface area (Å²) in [4.78, 5) is 2.39. The van der Waals surface area contributed by atoms with Crippen LogP contribution in [0.5, 0.6) is 0 Å². The lowest BCUT2D eigenvalue weighted by molar-refractivity contribution is 1.28. The number of thiophene rings is 1. The van der Waals surface area contributed by atoms with Gasteiger partial charge >= 0.3 is 0 Å². The Hall–Kier alpha value is -6.48. The first kappa shape index (κ1) is 30.4. The van der Waals surface area contributed by atoms with Crippen LogP contribution >= 0.6 is 11.3 Å². The van der Waals surface area contributed by atoms with Crippen LogP contribution in [0, 0.1) is 0 Å². The molecule has 1 heterocycles. The molecule has 10 aromatic rings. The van der Waals surface area contributed by atoms with Crippen molar-refractivity contribution < 1.29 is 0 Å². The predicted octanol–water partition coefficient (Wildman–Crippen LogP) is 14.8. The summed E-state index contributed by atoms with van der Waals surface area (Å²) in [5, 5.41) is 7.65. The van der Waals surface area contributed by atoms with Crippen LogP contribution in [0.15, 0.2) is 200 Å². The van der Waals surface area contributed by atoms with Crippen molar-refractivity contribution in [1.82, 2.24) is 0 Å². The van der Waals surface area contributed by atoms with E-state index in [2.05, 4.69) is 205 Å². The topological polar surface area (TPSA) is 3.24 Å². The lowest BCUT2D eigenvalue weighted by Crippen LogP contribution is -2.10. The van der Waals surface area contributed by atoms with Gasteiger partial charge in [0, 0.05) is 37.2 Å². The molecule has 10 rings (SSSR count). The molecule has 0 aliphatic heterocycles. The summed E-state index contributed by atoms with van der Waals surface area (Å²) in [6.45, 7) is 0. The Balaban J connectivity index is 1.09. The highest BCUT2D eigenvalue weighted by atomic mass is 32.1. The SMILES string of the molecule is c1cc(-c2ccc3c(c2)sc2ccccc23)cc(N(c2ccc(-c3ccc4ccccc4c3)cc2)c2cccc(-c3cccc4ccccc34)c2)c1. The van der Waals surface area contributed by atoms with E-state index >= 15 is 0 Å². The standard InChI is InChI=1S/C50H33NS/c1-2-12-37-30-39(23-22-34(37)10-1)35-24-27-42(28-25-35)51(44-17-8-15-41(32-44)46-20-9-13-36-11-3-4-18-45(36)46)43-16-7-14-38(31-43)40-26-29-48-47-19-5-6-21-49(47)52-50(48)33-40/h1-33H. The van der Waals surface area contributed by atoms with Crippen molar-refractivity contribution in [1.29, 1.82) is 0 Å². The van der Waals surface area contributed by atoms with Gasteiger partial charge in [-0.1, -0.05) is 146 Å². The lowest BCUT2D eigenvalue weighted by atomic mass is 9.97. The Morgan fingerprint density at radius 1 is 0.288 bits per heavy atom. The highest BCUT2D eigenvalue weighted by Crippen LogP contribution is 2.41. The summed E-state index contributed by atoms with van der Waals surface area (Å²) < 4.78 is 2.64. The van der Waals surface area contributed by atoms with Gasteiger partial charge in [0.1, 0.15) is 0 Å². The number of benzene rings is 9. The Bertz CT molecular complexity index is 2910. The van der Waals surface area contributed by atoms with Crippen molar-refractivity contribution in [2.24, 2.45) is 0 Å². The molecule has 0 saturated carbocycles. The van der Waals surface area contributed by atoms with Crippen molar-refractivity contribution >= 4 is 70.1 Å². The number of rotatable bonds is 6. The van der Waals surface area contributed by atoms with Gasteiger partial charge in [-0.05, 0) is 110 Å². The molecule has 0 N–H and O–H groups in total. The van der Waals surface area contributed by atoms with Gasteiger partial charge in [-0.25, -0.2) is 0 Å². The van der Waals surface area contributed by atoms with Crippen LogP contribution in [0.25, 0.3) is 75.1 Å². The second kappa shape index (κ2) is 12.7. The summed E-state index contributed by atoms with van der Waals surface area (Å²) >= 11 is 1.86. The molecule has 9 aromatic carbocycles. The van der Waals surface area contributed by atoms with Crippen LogP contribution in [-0.2, 0) is 0 Å². The molecule has 0 unspecified atom stereocenters. The third kappa shape index (κ3) is 5.42. The number of fused-ring (bicyclic) bond motifs is 5. The maximum atomic E-state index is 2.39. The molecule has 244 valence electrons. The van der Waals surface area contributed by atoms with E-state index in [0.717, 1.165) is 17.1 Å². The summed E-state index contributed by atoms with van der Waals surface area (Å²) in [6, 6.07) is 73.0. The maximum absolute atomic E-state index is 2.39. The quantitative estimate of drug-likeness (QED) is 0.169. The molecule has 1 aromatic heterocycles. The Morgan fingerprint density at radius 3 is 1.71 bits per heavy atom. The summed E-state index contributed by atoms with van der Waals surface area (Å²) in [5.41, 5.74) is 10.6. The molecular formula is C50H33NS. The van der Waals surface area contributed by atoms with Gasteiger partial charge in [0.15, 0.2) is 0 Å². The van der Waals surface area contributed by atoms with Crippen LogP contribution in [0.4, 0.5) is 17.1 Å². The molecule has 0 saturated heterocycles. The minimum absolute atomic E-state index is 1.11. The zero-order chi connectivity index (χ0) is 34.4. The molecule has 0 aliphatic carbocycles. The molecule has 0 fully saturated rings. The van der Waals surface area contributed by atoms with Gasteiger partial charge < -0.3 is 4.90 Å². The van der Waals surface area contributed by atoms with E-state index in [1.807, 2.05) is 11.3 Å². The highest BCUT2D eigenvalue weighted by Gasteiger charge is 2.16. The Morgan fingerprint density at radius 2 is 0.865 bits per heavy atom. The van der Waals surface area contributed by atoms with E-state index < -0.39 is 0 Å². The monoisotopic (exact) mass is 679 g/mol. The van der Waals surface area contributed by atoms with Crippen molar-refractivity contribution in [3.8, 4) is 33.4 Å². The fourth-order valence-electron chi connectivity index (χ4n) is 7.64. The molecular weight excluding hydrogens is 647 g/mol. The first-order chi connectivity index (χ1) is 25.7. The summed E-state index contributed by atoms with van der Waals surface area (Å²) in [7, 11) is 0. The van der Waals surface area contributed by atoms with E-state index in [9.17, 15) is 0 Å². The normalized spacial score (nSPS) is 11.5. The summed E-state index contributed by atoms with van der Waals surface area (Å²) in [5.74, 6) is 0. The van der Waals surface area contributed by atoms with E-state index in [1.165, 1.54) is 75.1 Å². The minimum Gasteiger partial charge on any atom is -0.310 e. The number of hydrogen-bond donors (Lipinski definition) is 0. The van der Waals surface area contributed by atoms with Gasteiger partial charge in [-0.2, -0.15) is 0 Å². The zero-order valence-corrected chi connectivity index (χ0v) is 29.2. The van der Waals surface area contributed by atoms with Gasteiger partial charge in [0.2, 0.25) is 0 Å². The minimum atomic E-state index is 1.11. The average Bonchev–Trinajstić information content (AvgIpc) is 3.59. The molecule has 0 aliphatic rings. The van der Waals surface area contributed by atoms with Crippen LogP contribution in [0.1, 0.15) is 0 Å². The van der Waals surface area contributed by atoms with Gasteiger partial charge in [-0.15, -0.1) is 11.3 Å². The lowest BCUT2D eigenvalue weighted by Gasteiger charge is -2.27. The largest absolute Gasteiger partial charge is 0.310 e. The van der Waals surface area contributed by atoms with Gasteiger partial charge in [0.25, 0.3) is 0 Å². The second-order valence-electron chi connectivity index (χ2n) is 13.4. The third-order valence-electron chi connectivity index (χ3n) is 10.2. The Kier molecular flexibility index (Phi) is 7.41. The van der Waals surface area contributed by atoms with Gasteiger partial charge in [0.05, 0.1) is 0 Å². The van der Waals surface area contributed by atoms with E-state index in [0.29, 0.717) is 0 Å². The first-order valence-electron chi connectivity index (χ1n) is 17.7. The van der Waals surface area contributed by atoms with Crippen molar-refractivity contribution in [3.05, 3.63) is 200 Å². The number of nitrogens with zero attached hydrogens (tertiary/aromatic N) is 1. The molecule has 0 amide bonds. The molecule has 0 radical (unpaired) electrons. The predicted molar refractivity (Wildman–Crippen MR) is 225 cm³/mol. The Labute approximate surface area is 307 Å². The van der Waals surface area contributed by atoms with Crippen LogP contribution in [-0.4, -0.2) is 0 Å². The molecule has 1 nitrogen and oxygen atoms in total. The molecule has 0 atom stereocenters. The van der Waals surface area contributed by atoms with Crippen molar-refractivity contribution in [3.63, 3.8) is 0 Å². The van der Waals surface area contributed by atoms with Crippen molar-refractivity contribution in [2.45, 2.75) is 0 Å². The fourth-order valence-corrected chi connectivity index (χ4v) is 8.78. The van der Waals surface area contributed by atoms with E-state index in [-0.39, 0.29) is 0 Å².